The molecular weight excluding hydrogens is 911 g/mol. The molecule has 25 nitrogen and oxygen atoms in total. The van der Waals surface area contributed by atoms with Crippen LogP contribution in [0.15, 0.2) is 0 Å². The molecule has 3 rings (SSSR count). The molecule has 0 bridgehead atoms. The number of carboxylic acid groups (broad SMARTS) is 6. The van der Waals surface area contributed by atoms with Gasteiger partial charge in [0.05, 0.1) is 26.2 Å². The van der Waals surface area contributed by atoms with E-state index in [0.29, 0.717) is 84.3 Å². The summed E-state index contributed by atoms with van der Waals surface area (Å²) in [5.74, 6) is -7.35. The number of nitrogens with one attached hydrogen (secondary N) is 5. The quantitative estimate of drug-likeness (QED) is 0.0447. The molecule has 5 amide bonds. The van der Waals surface area contributed by atoms with E-state index in [1.807, 2.05) is 4.90 Å². The summed E-state index contributed by atoms with van der Waals surface area (Å²) in [6.07, 6.45) is 5.65. The molecule has 0 radical (unpaired) electrons. The van der Waals surface area contributed by atoms with Gasteiger partial charge in [0.2, 0.25) is 17.7 Å². The Kier molecular flexibility index (Phi) is 25.7. The minimum Gasteiger partial charge on any atom is -0.481 e. The fourth-order valence-electron chi connectivity index (χ4n) is 8.92. The minimum atomic E-state index is -1.51. The molecule has 0 unspecified atom stereocenters. The Morgan fingerprint density at radius 3 is 1.20 bits per heavy atom. The lowest BCUT2D eigenvalue weighted by molar-refractivity contribution is -0.141. The molecule has 1 saturated heterocycles. The van der Waals surface area contributed by atoms with Crippen molar-refractivity contribution in [3.8, 4) is 0 Å². The van der Waals surface area contributed by atoms with Crippen molar-refractivity contribution < 1.29 is 78.6 Å². The first-order valence-corrected chi connectivity index (χ1v) is 23.9. The second-order valence-electron chi connectivity index (χ2n) is 18.4. The van der Waals surface area contributed by atoms with Gasteiger partial charge in [-0.05, 0) is 88.9 Å². The van der Waals surface area contributed by atoms with Gasteiger partial charge in [-0.2, -0.15) is 0 Å². The maximum absolute atomic E-state index is 13.2. The van der Waals surface area contributed by atoms with Crippen molar-refractivity contribution >= 4 is 59.6 Å². The number of urea groups is 1. The van der Waals surface area contributed by atoms with Crippen LogP contribution in [-0.4, -0.2) is 220 Å². The molecule has 2 aliphatic carbocycles. The largest absolute Gasteiger partial charge is 0.481 e. The molecule has 0 aromatic heterocycles. The van der Waals surface area contributed by atoms with Crippen LogP contribution in [0.5, 0.6) is 0 Å². The molecule has 11 N–H and O–H groups in total. The zero-order valence-corrected chi connectivity index (χ0v) is 39.3. The Morgan fingerprint density at radius 2 is 0.812 bits per heavy atom. The van der Waals surface area contributed by atoms with Gasteiger partial charge in [-0.1, -0.05) is 0 Å². The minimum absolute atomic E-state index is 0.00251. The highest BCUT2D eigenvalue weighted by Gasteiger charge is 2.31. The third-order valence-electron chi connectivity index (χ3n) is 13.0. The molecule has 1 aliphatic heterocycles. The van der Waals surface area contributed by atoms with Crippen LogP contribution in [0, 0.1) is 23.7 Å². The number of carbonyl (C=O) groups excluding carboxylic acids is 4. The molecule has 25 heteroatoms. The molecular formula is C44H73N9O16. The molecule has 0 aromatic rings. The topological polar surface area (TPSA) is 365 Å². The molecule has 2 saturated carbocycles. The summed E-state index contributed by atoms with van der Waals surface area (Å²) in [5.41, 5.74) is 0. The van der Waals surface area contributed by atoms with E-state index in [1.54, 1.807) is 14.7 Å². The van der Waals surface area contributed by atoms with E-state index < -0.39 is 60.4 Å². The normalized spacial score (nSPS) is 22.3. The van der Waals surface area contributed by atoms with E-state index >= 15 is 0 Å². The summed E-state index contributed by atoms with van der Waals surface area (Å²) in [6, 6.07) is -3.88. The van der Waals surface area contributed by atoms with Crippen LogP contribution in [0.4, 0.5) is 4.79 Å². The van der Waals surface area contributed by atoms with Crippen LogP contribution < -0.4 is 26.6 Å². The average molecular weight is 984 g/mol. The van der Waals surface area contributed by atoms with Gasteiger partial charge in [0.1, 0.15) is 12.1 Å². The van der Waals surface area contributed by atoms with Gasteiger partial charge in [-0.3, -0.25) is 53.2 Å². The van der Waals surface area contributed by atoms with Gasteiger partial charge >= 0.3 is 41.8 Å². The third-order valence-corrected chi connectivity index (χ3v) is 13.0. The number of carbonyl (C=O) groups is 10. The first kappa shape index (κ1) is 57.7. The lowest BCUT2D eigenvalue weighted by Crippen LogP contribution is -2.51. The van der Waals surface area contributed by atoms with Gasteiger partial charge in [-0.15, -0.1) is 0 Å². The highest BCUT2D eigenvalue weighted by Crippen LogP contribution is 2.30. The molecule has 2 atom stereocenters. The van der Waals surface area contributed by atoms with Gasteiger partial charge in [-0.25, -0.2) is 14.4 Å². The van der Waals surface area contributed by atoms with E-state index in [9.17, 15) is 73.5 Å². The number of unbranched alkanes of at least 4 members (excludes halogenated alkanes) is 1. The lowest BCUT2D eigenvalue weighted by atomic mass is 9.80. The van der Waals surface area contributed by atoms with Crippen molar-refractivity contribution in [3.05, 3.63) is 0 Å². The van der Waals surface area contributed by atoms with Gasteiger partial charge in [0, 0.05) is 90.2 Å². The molecule has 3 fully saturated rings. The highest BCUT2D eigenvalue weighted by molar-refractivity contribution is 5.86. The summed E-state index contributed by atoms with van der Waals surface area (Å²) in [6.45, 7) is 2.92. The summed E-state index contributed by atoms with van der Waals surface area (Å²) >= 11 is 0. The maximum atomic E-state index is 13.2. The maximum Gasteiger partial charge on any atom is 0.326 e. The van der Waals surface area contributed by atoms with Crippen LogP contribution in [0.2, 0.25) is 0 Å². The zero-order chi connectivity index (χ0) is 50.9. The summed E-state index contributed by atoms with van der Waals surface area (Å²) in [7, 11) is 0. The SMILES string of the molecule is O=C(O)CC[C@H](NC(=O)N[C@@H](CCCCNC(=O)C1CCC(CNC(=O)C2CCC(CNC(=O)CN3CCN(CC(=O)O)CCN(CC(=O)O)CCN(CC(=O)O)CC3)CC2)CC1)C(=O)O)C(=O)O. The van der Waals surface area contributed by atoms with Crippen molar-refractivity contribution in [3.63, 3.8) is 0 Å². The van der Waals surface area contributed by atoms with E-state index in [4.69, 9.17) is 5.11 Å². The first-order valence-electron chi connectivity index (χ1n) is 23.9. The number of nitrogens with zero attached hydrogens (tertiary/aromatic N) is 4. The molecule has 3 aliphatic rings. The Bertz CT molecular complexity index is 1710. The number of carboxylic acids is 6. The highest BCUT2D eigenvalue weighted by atomic mass is 16.4. The van der Waals surface area contributed by atoms with Crippen LogP contribution in [0.25, 0.3) is 0 Å². The fraction of sp³-hybridized carbons (Fsp3) is 0.773. The number of rotatable bonds is 26. The summed E-state index contributed by atoms with van der Waals surface area (Å²) in [4.78, 5) is 127. The van der Waals surface area contributed by atoms with Gasteiger partial charge in [0.25, 0.3) is 0 Å². The second-order valence-corrected chi connectivity index (χ2v) is 18.4. The monoisotopic (exact) mass is 984 g/mol. The van der Waals surface area contributed by atoms with Gasteiger partial charge < -0.3 is 57.2 Å². The number of hydrogen-bond donors (Lipinski definition) is 11. The summed E-state index contributed by atoms with van der Waals surface area (Å²) < 4.78 is 0. The van der Waals surface area contributed by atoms with E-state index in [-0.39, 0.29) is 107 Å². The number of aliphatic carboxylic acids is 6. The standard InChI is InChI=1S/C44H73N9O16/c54-35(25-50-15-17-51(26-37(57)58)19-21-53(28-39(61)62)22-20-52(18-16-50)27-38(59)60)46-23-29-4-10-32(11-5-29)41(64)47-24-30-6-8-31(9-7-30)40(63)45-14-2-1-3-33(42(65)66)48-44(69)49-34(43(67)68)12-13-36(55)56/h29-34H,1-28H2,(H,45,63)(H,46,54)(H,47,64)(H,55,56)(H,57,58)(H,59,60)(H,61,62)(H,65,66)(H,67,68)(H2,48,49,69)/t29?,30?,31?,32?,33-,34-/m0/s1. The van der Waals surface area contributed by atoms with Crippen molar-refractivity contribution in [1.82, 2.24) is 46.2 Å². The fourth-order valence-corrected chi connectivity index (χ4v) is 8.92. The Morgan fingerprint density at radius 1 is 0.435 bits per heavy atom. The third kappa shape index (κ3) is 24.0. The van der Waals surface area contributed by atoms with E-state index in [0.717, 1.165) is 25.7 Å². The van der Waals surface area contributed by atoms with Crippen LogP contribution in [0.3, 0.4) is 0 Å². The van der Waals surface area contributed by atoms with Crippen LogP contribution >= 0.6 is 0 Å². The summed E-state index contributed by atoms with van der Waals surface area (Å²) in [5, 5.41) is 69.1. The molecule has 69 heavy (non-hydrogen) atoms. The van der Waals surface area contributed by atoms with E-state index in [2.05, 4.69) is 26.6 Å². The molecule has 390 valence electrons. The zero-order valence-electron chi connectivity index (χ0n) is 39.3. The van der Waals surface area contributed by atoms with Crippen LogP contribution in [0.1, 0.15) is 83.5 Å². The lowest BCUT2D eigenvalue weighted by Gasteiger charge is -2.33. The van der Waals surface area contributed by atoms with Crippen molar-refractivity contribution in [2.24, 2.45) is 23.7 Å². The van der Waals surface area contributed by atoms with E-state index in [1.165, 1.54) is 0 Å². The molecule has 1 heterocycles. The second kappa shape index (κ2) is 30.7. The molecule has 0 spiro atoms. The number of hydrogen-bond acceptors (Lipinski definition) is 14. The average Bonchev–Trinajstić information content (AvgIpc) is 3.28. The smallest absolute Gasteiger partial charge is 0.326 e. The Hall–Kier alpha value is -5.66. The Labute approximate surface area is 401 Å². The van der Waals surface area contributed by atoms with Crippen molar-refractivity contribution in [1.29, 1.82) is 0 Å². The predicted octanol–water partition coefficient (Wildman–Crippen LogP) is -1.34. The number of amides is 5. The van der Waals surface area contributed by atoms with Gasteiger partial charge in [0.15, 0.2) is 0 Å². The van der Waals surface area contributed by atoms with Crippen molar-refractivity contribution in [2.75, 3.05) is 98.2 Å². The van der Waals surface area contributed by atoms with Crippen LogP contribution in [-0.2, 0) is 43.2 Å². The first-order chi connectivity index (χ1) is 32.8. The predicted molar refractivity (Wildman–Crippen MR) is 244 cm³/mol. The van der Waals surface area contributed by atoms with Crippen molar-refractivity contribution in [2.45, 2.75) is 95.6 Å². The molecule has 0 aromatic carbocycles. The Balaban J connectivity index is 1.32.